The van der Waals surface area contributed by atoms with Crippen LogP contribution in [0, 0.1) is 0 Å². The summed E-state index contributed by atoms with van der Waals surface area (Å²) in [4.78, 5) is 21.7. The molecule has 0 saturated heterocycles. The van der Waals surface area contributed by atoms with Crippen LogP contribution in [0.15, 0.2) is 27.4 Å². The highest BCUT2D eigenvalue weighted by atomic mass is 35.5. The maximum atomic E-state index is 11.2. The molecule has 76 valence electrons. The van der Waals surface area contributed by atoms with Crippen LogP contribution in [0.3, 0.4) is 0 Å². The van der Waals surface area contributed by atoms with E-state index >= 15 is 0 Å². The van der Waals surface area contributed by atoms with Gasteiger partial charge in [0, 0.05) is 5.39 Å². The van der Waals surface area contributed by atoms with Crippen LogP contribution in [0.25, 0.3) is 11.0 Å². The van der Waals surface area contributed by atoms with Crippen molar-refractivity contribution in [2.24, 2.45) is 0 Å². The summed E-state index contributed by atoms with van der Waals surface area (Å²) in [7, 11) is 0. The zero-order chi connectivity index (χ0) is 11.0. The van der Waals surface area contributed by atoms with Crippen molar-refractivity contribution in [2.45, 2.75) is 0 Å². The van der Waals surface area contributed by atoms with E-state index in [1.54, 1.807) is 0 Å². The highest BCUT2D eigenvalue weighted by Gasteiger charge is 2.10. The SMILES string of the molecule is O=Cc1cc2ccc(O)c(Cl)c2oc1=O. The first-order valence-corrected chi connectivity index (χ1v) is 4.42. The predicted molar refractivity (Wildman–Crippen MR) is 54.5 cm³/mol. The van der Waals surface area contributed by atoms with Crippen molar-refractivity contribution in [2.75, 3.05) is 0 Å². The molecule has 0 radical (unpaired) electrons. The maximum absolute atomic E-state index is 11.2. The Balaban J connectivity index is 2.93. The van der Waals surface area contributed by atoms with Gasteiger partial charge in [-0.15, -0.1) is 0 Å². The molecule has 0 aliphatic carbocycles. The number of hydrogen-bond acceptors (Lipinski definition) is 4. The third kappa shape index (κ3) is 1.49. The van der Waals surface area contributed by atoms with E-state index in [1.807, 2.05) is 0 Å². The highest BCUT2D eigenvalue weighted by Crippen LogP contribution is 2.30. The van der Waals surface area contributed by atoms with Gasteiger partial charge in [-0.05, 0) is 18.2 Å². The standard InChI is InChI=1S/C10H5ClO4/c11-8-7(13)2-1-5-3-6(4-12)10(14)15-9(5)8/h1-4,13H. The molecule has 2 rings (SSSR count). The molecular weight excluding hydrogens is 220 g/mol. The fourth-order valence-corrected chi connectivity index (χ4v) is 1.45. The third-order valence-corrected chi connectivity index (χ3v) is 2.34. The van der Waals surface area contributed by atoms with E-state index in [2.05, 4.69) is 0 Å². The average molecular weight is 225 g/mol. The summed E-state index contributed by atoms with van der Waals surface area (Å²) in [6.45, 7) is 0. The van der Waals surface area contributed by atoms with Crippen molar-refractivity contribution >= 4 is 28.9 Å². The van der Waals surface area contributed by atoms with Gasteiger partial charge in [0.05, 0.1) is 0 Å². The van der Waals surface area contributed by atoms with Gasteiger partial charge in [-0.3, -0.25) is 4.79 Å². The van der Waals surface area contributed by atoms with Crippen molar-refractivity contribution in [3.05, 3.63) is 39.2 Å². The first kappa shape index (κ1) is 9.73. The minimum absolute atomic E-state index is 0.0398. The van der Waals surface area contributed by atoms with E-state index in [0.29, 0.717) is 11.7 Å². The van der Waals surface area contributed by atoms with Gasteiger partial charge in [0.25, 0.3) is 0 Å². The summed E-state index contributed by atoms with van der Waals surface area (Å²) in [6.07, 6.45) is 0.409. The summed E-state index contributed by atoms with van der Waals surface area (Å²) in [5.41, 5.74) is -0.776. The molecule has 1 aromatic carbocycles. The zero-order valence-electron chi connectivity index (χ0n) is 7.36. The van der Waals surface area contributed by atoms with Gasteiger partial charge in [-0.1, -0.05) is 11.6 Å². The highest BCUT2D eigenvalue weighted by molar-refractivity contribution is 6.36. The number of aldehydes is 1. The number of hydrogen-bond donors (Lipinski definition) is 1. The van der Waals surface area contributed by atoms with Crippen molar-refractivity contribution in [1.29, 1.82) is 0 Å². The Morgan fingerprint density at radius 2 is 2.13 bits per heavy atom. The summed E-state index contributed by atoms with van der Waals surface area (Å²) in [6, 6.07) is 4.23. The Bertz CT molecular complexity index is 600. The molecule has 0 atom stereocenters. The van der Waals surface area contributed by atoms with Crippen molar-refractivity contribution in [3.63, 3.8) is 0 Å². The second-order valence-electron chi connectivity index (χ2n) is 2.92. The van der Waals surface area contributed by atoms with E-state index in [1.165, 1.54) is 18.2 Å². The molecule has 0 bridgehead atoms. The fourth-order valence-electron chi connectivity index (χ4n) is 1.24. The fraction of sp³-hybridized carbons (Fsp3) is 0. The number of halogens is 1. The molecule has 1 aromatic heterocycles. The van der Waals surface area contributed by atoms with E-state index < -0.39 is 5.63 Å². The van der Waals surface area contributed by atoms with Gasteiger partial charge in [0.1, 0.15) is 16.3 Å². The lowest BCUT2D eigenvalue weighted by atomic mass is 10.2. The average Bonchev–Trinajstić information content (AvgIpc) is 2.24. The molecular formula is C10H5ClO4. The Kier molecular flexibility index (Phi) is 2.21. The molecule has 2 aromatic rings. The lowest BCUT2D eigenvalue weighted by Gasteiger charge is -2.01. The normalized spacial score (nSPS) is 10.5. The van der Waals surface area contributed by atoms with E-state index in [9.17, 15) is 14.7 Å². The Hall–Kier alpha value is -1.81. The number of carbonyl (C=O) groups is 1. The van der Waals surface area contributed by atoms with Gasteiger partial charge < -0.3 is 9.52 Å². The number of phenols is 1. The van der Waals surface area contributed by atoms with Crippen LogP contribution in [0.2, 0.25) is 5.02 Å². The van der Waals surface area contributed by atoms with Crippen molar-refractivity contribution < 1.29 is 14.3 Å². The van der Waals surface area contributed by atoms with Gasteiger partial charge in [-0.25, -0.2) is 4.79 Å². The topological polar surface area (TPSA) is 67.5 Å². The summed E-state index contributed by atoms with van der Waals surface area (Å²) in [5.74, 6) is -0.175. The van der Waals surface area contributed by atoms with Gasteiger partial charge in [0.15, 0.2) is 11.9 Å². The molecule has 1 heterocycles. The zero-order valence-corrected chi connectivity index (χ0v) is 8.12. The van der Waals surface area contributed by atoms with Crippen LogP contribution in [0.1, 0.15) is 10.4 Å². The Morgan fingerprint density at radius 1 is 1.40 bits per heavy atom. The first-order valence-electron chi connectivity index (χ1n) is 4.04. The summed E-state index contributed by atoms with van der Waals surface area (Å²) >= 11 is 5.72. The lowest BCUT2D eigenvalue weighted by molar-refractivity contribution is 0.112. The molecule has 0 aliphatic heterocycles. The molecule has 4 nitrogen and oxygen atoms in total. The number of rotatable bonds is 1. The van der Waals surface area contributed by atoms with Gasteiger partial charge >= 0.3 is 5.63 Å². The smallest absolute Gasteiger partial charge is 0.346 e. The molecule has 15 heavy (non-hydrogen) atoms. The molecule has 0 unspecified atom stereocenters. The number of phenolic OH excluding ortho intramolecular Hbond substituents is 1. The van der Waals surface area contributed by atoms with Crippen LogP contribution < -0.4 is 5.63 Å². The number of carbonyl (C=O) groups excluding carboxylic acids is 1. The molecule has 0 fully saturated rings. The molecule has 0 saturated carbocycles. The molecule has 0 spiro atoms. The Morgan fingerprint density at radius 3 is 2.80 bits per heavy atom. The lowest BCUT2D eigenvalue weighted by Crippen LogP contribution is -2.05. The van der Waals surface area contributed by atoms with E-state index in [4.69, 9.17) is 16.0 Å². The van der Waals surface area contributed by atoms with Crippen LogP contribution >= 0.6 is 11.6 Å². The molecule has 5 heteroatoms. The van der Waals surface area contributed by atoms with Crippen molar-refractivity contribution in [3.8, 4) is 5.75 Å². The monoisotopic (exact) mass is 224 g/mol. The summed E-state index contributed by atoms with van der Waals surface area (Å²) < 4.78 is 4.82. The quantitative estimate of drug-likeness (QED) is 0.594. The predicted octanol–water partition coefficient (Wildman–Crippen LogP) is 1.96. The first-order chi connectivity index (χ1) is 7.13. The van der Waals surface area contributed by atoms with Gasteiger partial charge in [-0.2, -0.15) is 0 Å². The number of aromatic hydroxyl groups is 1. The Labute approximate surface area is 88.7 Å². The van der Waals surface area contributed by atoms with Crippen LogP contribution in [-0.4, -0.2) is 11.4 Å². The van der Waals surface area contributed by atoms with Crippen molar-refractivity contribution in [1.82, 2.24) is 0 Å². The van der Waals surface area contributed by atoms with E-state index in [-0.39, 0.29) is 21.9 Å². The maximum Gasteiger partial charge on any atom is 0.346 e. The largest absolute Gasteiger partial charge is 0.506 e. The van der Waals surface area contributed by atoms with E-state index in [0.717, 1.165) is 0 Å². The second kappa shape index (κ2) is 3.40. The third-order valence-electron chi connectivity index (χ3n) is 1.98. The minimum Gasteiger partial charge on any atom is -0.506 e. The minimum atomic E-state index is -0.773. The molecule has 0 amide bonds. The molecule has 0 aliphatic rings. The number of fused-ring (bicyclic) bond motifs is 1. The number of benzene rings is 1. The summed E-state index contributed by atoms with van der Waals surface area (Å²) in [5, 5.41) is 9.72. The van der Waals surface area contributed by atoms with Crippen LogP contribution in [-0.2, 0) is 0 Å². The van der Waals surface area contributed by atoms with Crippen LogP contribution in [0.5, 0.6) is 5.75 Å². The molecule has 1 N–H and O–H groups in total. The van der Waals surface area contributed by atoms with Crippen LogP contribution in [0.4, 0.5) is 0 Å². The second-order valence-corrected chi connectivity index (χ2v) is 3.30. The van der Waals surface area contributed by atoms with Gasteiger partial charge in [0.2, 0.25) is 0 Å².